The minimum atomic E-state index is -0.344. The van der Waals surface area contributed by atoms with E-state index in [0.717, 1.165) is 29.4 Å². The molecule has 0 heterocycles. The molecule has 4 aromatic carbocycles. The fourth-order valence-corrected chi connectivity index (χ4v) is 4.13. The fourth-order valence-electron chi connectivity index (χ4n) is 4.13. The standard InChI is InChI=1S/C29H28F2/c1-3-4-5-6-7-21-10-15-26-23(18-21)14-17-27(29(26)31)24-13-16-25(28(30)19-24)22-11-8-20(2)9-12-22/h8-19H,3-7H2,1-2H3. The molecule has 0 fully saturated rings. The number of rotatable bonds is 7. The van der Waals surface area contributed by atoms with E-state index in [0.29, 0.717) is 22.1 Å². The lowest BCUT2D eigenvalue weighted by molar-refractivity contribution is 0.630. The molecule has 0 radical (unpaired) electrons. The van der Waals surface area contributed by atoms with Crippen molar-refractivity contribution in [2.45, 2.75) is 46.0 Å². The maximum Gasteiger partial charge on any atom is 0.138 e. The van der Waals surface area contributed by atoms with Crippen molar-refractivity contribution >= 4 is 10.8 Å². The predicted octanol–water partition coefficient (Wildman–Crippen LogP) is 8.88. The van der Waals surface area contributed by atoms with Gasteiger partial charge in [-0.3, -0.25) is 0 Å². The summed E-state index contributed by atoms with van der Waals surface area (Å²) in [5.74, 6) is -0.638. The lowest BCUT2D eigenvalue weighted by Gasteiger charge is -2.11. The molecule has 0 aliphatic carbocycles. The van der Waals surface area contributed by atoms with E-state index in [2.05, 4.69) is 13.0 Å². The van der Waals surface area contributed by atoms with Crippen LogP contribution in [0.1, 0.15) is 43.7 Å². The Kier molecular flexibility index (Phi) is 6.46. The molecule has 2 heteroatoms. The molecule has 0 unspecified atom stereocenters. The van der Waals surface area contributed by atoms with E-state index in [1.54, 1.807) is 18.2 Å². The van der Waals surface area contributed by atoms with Crippen LogP contribution < -0.4 is 0 Å². The summed E-state index contributed by atoms with van der Waals surface area (Å²) in [7, 11) is 0. The SMILES string of the molecule is CCCCCCc1ccc2c(F)c(-c3ccc(-c4ccc(C)cc4)c(F)c3)ccc2c1. The van der Waals surface area contributed by atoms with Gasteiger partial charge < -0.3 is 0 Å². The summed E-state index contributed by atoms with van der Waals surface area (Å²) in [4.78, 5) is 0. The second-order valence-electron chi connectivity index (χ2n) is 8.35. The first-order valence-electron chi connectivity index (χ1n) is 11.1. The molecule has 0 nitrogen and oxygen atoms in total. The summed E-state index contributed by atoms with van der Waals surface area (Å²) in [6.07, 6.45) is 5.88. The van der Waals surface area contributed by atoms with Gasteiger partial charge in [0, 0.05) is 16.5 Å². The van der Waals surface area contributed by atoms with E-state index in [1.807, 2.05) is 49.4 Å². The van der Waals surface area contributed by atoms with Crippen molar-refractivity contribution in [1.29, 1.82) is 0 Å². The monoisotopic (exact) mass is 414 g/mol. The molecule has 0 spiro atoms. The molecular weight excluding hydrogens is 386 g/mol. The highest BCUT2D eigenvalue weighted by Crippen LogP contribution is 2.33. The zero-order valence-corrected chi connectivity index (χ0v) is 18.2. The van der Waals surface area contributed by atoms with Crippen LogP contribution in [-0.4, -0.2) is 0 Å². The number of unbranched alkanes of at least 4 members (excludes halogenated alkanes) is 3. The number of benzene rings is 4. The van der Waals surface area contributed by atoms with Crippen LogP contribution in [0.3, 0.4) is 0 Å². The largest absolute Gasteiger partial charge is 0.206 e. The van der Waals surface area contributed by atoms with E-state index >= 15 is 4.39 Å². The Morgan fingerprint density at radius 3 is 2.16 bits per heavy atom. The van der Waals surface area contributed by atoms with E-state index in [-0.39, 0.29) is 11.6 Å². The van der Waals surface area contributed by atoms with Crippen LogP contribution in [-0.2, 0) is 6.42 Å². The average Bonchev–Trinajstić information content (AvgIpc) is 2.78. The van der Waals surface area contributed by atoms with Crippen LogP contribution in [0.25, 0.3) is 33.0 Å². The molecule has 0 bridgehead atoms. The second kappa shape index (κ2) is 9.43. The predicted molar refractivity (Wildman–Crippen MR) is 127 cm³/mol. The summed E-state index contributed by atoms with van der Waals surface area (Å²) < 4.78 is 30.2. The van der Waals surface area contributed by atoms with Gasteiger partial charge in [0.25, 0.3) is 0 Å². The highest BCUT2D eigenvalue weighted by Gasteiger charge is 2.13. The third-order valence-electron chi connectivity index (χ3n) is 5.98. The Bertz CT molecular complexity index is 1190. The van der Waals surface area contributed by atoms with Crippen molar-refractivity contribution < 1.29 is 8.78 Å². The molecule has 31 heavy (non-hydrogen) atoms. The summed E-state index contributed by atoms with van der Waals surface area (Å²) in [6.45, 7) is 4.21. The van der Waals surface area contributed by atoms with E-state index in [1.165, 1.54) is 30.9 Å². The van der Waals surface area contributed by atoms with Gasteiger partial charge in [-0.2, -0.15) is 0 Å². The Morgan fingerprint density at radius 1 is 0.677 bits per heavy atom. The molecular formula is C29H28F2. The van der Waals surface area contributed by atoms with Crippen LogP contribution in [0.5, 0.6) is 0 Å². The van der Waals surface area contributed by atoms with Crippen molar-refractivity contribution in [3.05, 3.63) is 95.6 Å². The Labute approximate surface area is 183 Å². The van der Waals surface area contributed by atoms with Crippen molar-refractivity contribution in [2.24, 2.45) is 0 Å². The zero-order chi connectivity index (χ0) is 21.8. The molecule has 4 rings (SSSR count). The van der Waals surface area contributed by atoms with Gasteiger partial charge in [0.2, 0.25) is 0 Å². The number of fused-ring (bicyclic) bond motifs is 1. The smallest absolute Gasteiger partial charge is 0.138 e. The third kappa shape index (κ3) is 4.69. The van der Waals surface area contributed by atoms with Crippen molar-refractivity contribution in [3.8, 4) is 22.3 Å². The Morgan fingerprint density at radius 2 is 1.42 bits per heavy atom. The van der Waals surface area contributed by atoms with Crippen LogP contribution in [0.2, 0.25) is 0 Å². The van der Waals surface area contributed by atoms with Crippen LogP contribution in [0.15, 0.2) is 72.8 Å². The van der Waals surface area contributed by atoms with Crippen molar-refractivity contribution in [2.75, 3.05) is 0 Å². The molecule has 0 atom stereocenters. The Balaban J connectivity index is 1.62. The van der Waals surface area contributed by atoms with Crippen molar-refractivity contribution in [1.82, 2.24) is 0 Å². The molecule has 0 saturated heterocycles. The van der Waals surface area contributed by atoms with Gasteiger partial charge >= 0.3 is 0 Å². The van der Waals surface area contributed by atoms with Crippen LogP contribution in [0, 0.1) is 18.6 Å². The average molecular weight is 415 g/mol. The second-order valence-corrected chi connectivity index (χ2v) is 8.35. The Hall–Kier alpha value is -3.00. The van der Waals surface area contributed by atoms with Crippen LogP contribution >= 0.6 is 0 Å². The highest BCUT2D eigenvalue weighted by molar-refractivity contribution is 5.89. The maximum absolute atomic E-state index is 15.3. The third-order valence-corrected chi connectivity index (χ3v) is 5.98. The number of hydrogen-bond acceptors (Lipinski definition) is 0. The summed E-state index contributed by atoms with van der Waals surface area (Å²) >= 11 is 0. The van der Waals surface area contributed by atoms with E-state index in [9.17, 15) is 4.39 Å². The van der Waals surface area contributed by atoms with Gasteiger partial charge in [-0.25, -0.2) is 8.78 Å². The topological polar surface area (TPSA) is 0 Å². The molecule has 0 N–H and O–H groups in total. The van der Waals surface area contributed by atoms with Gasteiger partial charge in [-0.1, -0.05) is 98.5 Å². The fraction of sp³-hybridized carbons (Fsp3) is 0.241. The zero-order valence-electron chi connectivity index (χ0n) is 18.2. The number of hydrogen-bond donors (Lipinski definition) is 0. The lowest BCUT2D eigenvalue weighted by Crippen LogP contribution is -1.92. The number of halogens is 2. The van der Waals surface area contributed by atoms with E-state index in [4.69, 9.17) is 0 Å². The summed E-state index contributed by atoms with van der Waals surface area (Å²) in [5.41, 5.74) is 4.69. The first kappa shape index (κ1) is 21.2. The van der Waals surface area contributed by atoms with Crippen molar-refractivity contribution in [3.63, 3.8) is 0 Å². The lowest BCUT2D eigenvalue weighted by atomic mass is 9.95. The normalized spacial score (nSPS) is 11.2. The highest BCUT2D eigenvalue weighted by atomic mass is 19.1. The van der Waals surface area contributed by atoms with Crippen LogP contribution in [0.4, 0.5) is 8.78 Å². The summed E-state index contributed by atoms with van der Waals surface area (Å²) in [5, 5.41) is 1.48. The molecule has 0 saturated carbocycles. The molecule has 0 amide bonds. The van der Waals surface area contributed by atoms with Gasteiger partial charge in [0.05, 0.1) is 0 Å². The van der Waals surface area contributed by atoms with E-state index < -0.39 is 0 Å². The summed E-state index contributed by atoms with van der Waals surface area (Å²) in [6, 6.07) is 22.4. The minimum Gasteiger partial charge on any atom is -0.206 e. The molecule has 4 aromatic rings. The molecule has 0 aliphatic heterocycles. The molecule has 0 aromatic heterocycles. The minimum absolute atomic E-state index is 0.294. The number of aryl methyl sites for hydroxylation is 2. The quantitative estimate of drug-likeness (QED) is 0.265. The molecule has 158 valence electrons. The van der Waals surface area contributed by atoms with Gasteiger partial charge in [0.15, 0.2) is 0 Å². The van der Waals surface area contributed by atoms with Gasteiger partial charge in [-0.15, -0.1) is 0 Å². The molecule has 0 aliphatic rings. The maximum atomic E-state index is 15.3. The van der Waals surface area contributed by atoms with Gasteiger partial charge in [-0.05, 0) is 47.9 Å². The first-order valence-corrected chi connectivity index (χ1v) is 11.1. The van der Waals surface area contributed by atoms with Gasteiger partial charge in [0.1, 0.15) is 11.6 Å². The first-order chi connectivity index (χ1) is 15.1.